The van der Waals surface area contributed by atoms with Crippen molar-refractivity contribution < 1.29 is 23.1 Å². The Balaban J connectivity index is 1.45. The summed E-state index contributed by atoms with van der Waals surface area (Å²) in [6, 6.07) is 13.4. The summed E-state index contributed by atoms with van der Waals surface area (Å²) in [5, 5.41) is 2.87. The molecule has 5 nitrogen and oxygen atoms in total. The fourth-order valence-electron chi connectivity index (χ4n) is 3.24. The molecule has 0 spiro atoms. The third-order valence-electron chi connectivity index (χ3n) is 4.86. The number of rotatable bonds is 6. The fourth-order valence-corrected chi connectivity index (χ4v) is 3.51. The number of benzene rings is 2. The summed E-state index contributed by atoms with van der Waals surface area (Å²) in [7, 11) is 0. The third kappa shape index (κ3) is 6.00. The standard InChI is InChI=1S/C21H21BrF2N2O3/c22-17-5-3-16(4-6-17)20(28)26-11-9-15(10-12-26)19(27)25-13-14-1-7-18(8-2-14)29-21(23)24/h1-8,15,21H,9-13H2,(H,25,27). The summed E-state index contributed by atoms with van der Waals surface area (Å²) >= 11 is 3.35. The lowest BCUT2D eigenvalue weighted by Crippen LogP contribution is -2.42. The van der Waals surface area contributed by atoms with Crippen LogP contribution in [0.5, 0.6) is 5.75 Å². The van der Waals surface area contributed by atoms with Crippen LogP contribution in [0.3, 0.4) is 0 Å². The lowest BCUT2D eigenvalue weighted by atomic mass is 9.95. The molecule has 29 heavy (non-hydrogen) atoms. The van der Waals surface area contributed by atoms with Gasteiger partial charge in [0, 0.05) is 35.6 Å². The van der Waals surface area contributed by atoms with E-state index in [1.165, 1.54) is 12.1 Å². The van der Waals surface area contributed by atoms with Crippen LogP contribution in [0.15, 0.2) is 53.0 Å². The van der Waals surface area contributed by atoms with E-state index in [0.717, 1.165) is 10.0 Å². The first-order valence-corrected chi connectivity index (χ1v) is 10.1. The number of alkyl halides is 2. The zero-order valence-electron chi connectivity index (χ0n) is 15.6. The Morgan fingerprint density at radius 3 is 2.28 bits per heavy atom. The van der Waals surface area contributed by atoms with Gasteiger partial charge in [0.1, 0.15) is 5.75 Å². The van der Waals surface area contributed by atoms with Gasteiger partial charge in [-0.15, -0.1) is 0 Å². The lowest BCUT2D eigenvalue weighted by Gasteiger charge is -2.31. The van der Waals surface area contributed by atoms with Crippen molar-refractivity contribution in [2.75, 3.05) is 13.1 Å². The van der Waals surface area contributed by atoms with Crippen molar-refractivity contribution in [2.24, 2.45) is 5.92 Å². The summed E-state index contributed by atoms with van der Waals surface area (Å²) in [6.07, 6.45) is 1.21. The summed E-state index contributed by atoms with van der Waals surface area (Å²) in [4.78, 5) is 26.7. The molecule has 0 aromatic heterocycles. The number of halogens is 3. The molecule has 1 N–H and O–H groups in total. The summed E-state index contributed by atoms with van der Waals surface area (Å²) in [5.41, 5.74) is 1.43. The predicted molar refractivity (Wildman–Crippen MR) is 108 cm³/mol. The Hall–Kier alpha value is -2.48. The highest BCUT2D eigenvalue weighted by atomic mass is 79.9. The van der Waals surface area contributed by atoms with E-state index >= 15 is 0 Å². The largest absolute Gasteiger partial charge is 0.435 e. The highest BCUT2D eigenvalue weighted by Crippen LogP contribution is 2.21. The maximum atomic E-state index is 12.5. The van der Waals surface area contributed by atoms with Crippen LogP contribution in [0.2, 0.25) is 0 Å². The van der Waals surface area contributed by atoms with Crippen LogP contribution in [-0.2, 0) is 11.3 Å². The highest BCUT2D eigenvalue weighted by Gasteiger charge is 2.27. The number of hydrogen-bond donors (Lipinski definition) is 1. The van der Waals surface area contributed by atoms with Gasteiger partial charge in [0.2, 0.25) is 5.91 Å². The van der Waals surface area contributed by atoms with Crippen LogP contribution in [0.25, 0.3) is 0 Å². The molecule has 0 atom stereocenters. The number of nitrogens with one attached hydrogen (secondary N) is 1. The number of nitrogens with zero attached hydrogens (tertiary/aromatic N) is 1. The van der Waals surface area contributed by atoms with Crippen molar-refractivity contribution in [3.05, 3.63) is 64.1 Å². The first kappa shape index (κ1) is 21.2. The second kappa shape index (κ2) is 9.82. The number of ether oxygens (including phenoxy) is 1. The van der Waals surface area contributed by atoms with Crippen molar-refractivity contribution in [3.8, 4) is 5.75 Å². The van der Waals surface area contributed by atoms with Crippen LogP contribution in [0, 0.1) is 5.92 Å². The van der Waals surface area contributed by atoms with Crippen LogP contribution >= 0.6 is 15.9 Å². The zero-order valence-corrected chi connectivity index (χ0v) is 17.2. The molecule has 1 aliphatic rings. The number of piperidine rings is 1. The van der Waals surface area contributed by atoms with E-state index in [1.54, 1.807) is 29.2 Å². The SMILES string of the molecule is O=C(NCc1ccc(OC(F)F)cc1)C1CCN(C(=O)c2ccc(Br)cc2)CC1. The van der Waals surface area contributed by atoms with Crippen molar-refractivity contribution >= 4 is 27.7 Å². The molecule has 1 fully saturated rings. The van der Waals surface area contributed by atoms with Gasteiger partial charge in [-0.3, -0.25) is 9.59 Å². The Morgan fingerprint density at radius 1 is 1.07 bits per heavy atom. The molecule has 154 valence electrons. The molecule has 0 aliphatic carbocycles. The minimum Gasteiger partial charge on any atom is -0.435 e. The molecule has 8 heteroatoms. The highest BCUT2D eigenvalue weighted by molar-refractivity contribution is 9.10. The minimum absolute atomic E-state index is 0.0255. The molecule has 2 amide bonds. The Kier molecular flexibility index (Phi) is 7.19. The van der Waals surface area contributed by atoms with Gasteiger partial charge in [-0.2, -0.15) is 8.78 Å². The minimum atomic E-state index is -2.86. The van der Waals surface area contributed by atoms with Gasteiger partial charge in [0.15, 0.2) is 0 Å². The van der Waals surface area contributed by atoms with Gasteiger partial charge in [-0.25, -0.2) is 0 Å². The van der Waals surface area contributed by atoms with Crippen molar-refractivity contribution in [1.82, 2.24) is 10.2 Å². The predicted octanol–water partition coefficient (Wildman–Crippen LogP) is 4.22. The smallest absolute Gasteiger partial charge is 0.387 e. The molecule has 2 aromatic carbocycles. The normalized spacial score (nSPS) is 14.7. The molecule has 1 saturated heterocycles. The average molecular weight is 467 g/mol. The molecule has 1 heterocycles. The average Bonchev–Trinajstić information content (AvgIpc) is 2.73. The van der Waals surface area contributed by atoms with Gasteiger partial charge in [-0.05, 0) is 54.8 Å². The molecular weight excluding hydrogens is 446 g/mol. The van der Waals surface area contributed by atoms with Gasteiger partial charge < -0.3 is 15.0 Å². The summed E-state index contributed by atoms with van der Waals surface area (Å²) < 4.78 is 29.5. The first-order valence-electron chi connectivity index (χ1n) is 9.28. The molecule has 0 bridgehead atoms. The monoisotopic (exact) mass is 466 g/mol. The summed E-state index contributed by atoms with van der Waals surface area (Å²) in [6.45, 7) is -1.48. The zero-order chi connectivity index (χ0) is 20.8. The van der Waals surface area contributed by atoms with E-state index in [2.05, 4.69) is 26.0 Å². The van der Waals surface area contributed by atoms with E-state index in [4.69, 9.17) is 0 Å². The van der Waals surface area contributed by atoms with E-state index in [-0.39, 0.29) is 23.5 Å². The Bertz CT molecular complexity index is 836. The molecule has 3 rings (SSSR count). The van der Waals surface area contributed by atoms with E-state index in [1.807, 2.05) is 12.1 Å². The van der Waals surface area contributed by atoms with Gasteiger partial charge in [0.25, 0.3) is 5.91 Å². The van der Waals surface area contributed by atoms with Crippen molar-refractivity contribution in [1.29, 1.82) is 0 Å². The maximum Gasteiger partial charge on any atom is 0.387 e. The van der Waals surface area contributed by atoms with E-state index in [9.17, 15) is 18.4 Å². The van der Waals surface area contributed by atoms with Crippen molar-refractivity contribution in [3.63, 3.8) is 0 Å². The van der Waals surface area contributed by atoms with Gasteiger partial charge in [0.05, 0.1) is 0 Å². The Morgan fingerprint density at radius 2 is 1.69 bits per heavy atom. The van der Waals surface area contributed by atoms with Crippen molar-refractivity contribution in [2.45, 2.75) is 26.0 Å². The second-order valence-electron chi connectivity index (χ2n) is 6.81. The van der Waals surface area contributed by atoms with E-state index in [0.29, 0.717) is 38.0 Å². The van der Waals surface area contributed by atoms with Crippen LogP contribution < -0.4 is 10.1 Å². The topological polar surface area (TPSA) is 58.6 Å². The molecule has 0 unspecified atom stereocenters. The lowest BCUT2D eigenvalue weighted by molar-refractivity contribution is -0.126. The van der Waals surface area contributed by atoms with Crippen LogP contribution in [0.4, 0.5) is 8.78 Å². The number of carbonyl (C=O) groups is 2. The molecule has 2 aromatic rings. The number of hydrogen-bond acceptors (Lipinski definition) is 3. The Labute approximate surface area is 176 Å². The second-order valence-corrected chi connectivity index (χ2v) is 7.73. The van der Waals surface area contributed by atoms with E-state index < -0.39 is 6.61 Å². The van der Waals surface area contributed by atoms with Crippen LogP contribution in [0.1, 0.15) is 28.8 Å². The maximum absolute atomic E-state index is 12.5. The molecule has 1 aliphatic heterocycles. The number of likely N-dealkylation sites (tertiary alicyclic amines) is 1. The quantitative estimate of drug-likeness (QED) is 0.693. The fraction of sp³-hybridized carbons (Fsp3) is 0.333. The third-order valence-corrected chi connectivity index (χ3v) is 5.39. The van der Waals surface area contributed by atoms with Crippen LogP contribution in [-0.4, -0.2) is 36.4 Å². The molecular formula is C21H21BrF2N2O3. The first-order chi connectivity index (χ1) is 13.9. The van der Waals surface area contributed by atoms with Gasteiger partial charge >= 0.3 is 6.61 Å². The number of amides is 2. The summed E-state index contributed by atoms with van der Waals surface area (Å²) in [5.74, 6) is -0.153. The molecule has 0 saturated carbocycles. The van der Waals surface area contributed by atoms with Gasteiger partial charge in [-0.1, -0.05) is 28.1 Å². The number of carbonyl (C=O) groups excluding carboxylic acids is 2. The molecule has 0 radical (unpaired) electrons.